The molecule has 1 fully saturated rings. The van der Waals surface area contributed by atoms with E-state index >= 15 is 0 Å². The molecule has 40 heavy (non-hydrogen) atoms. The smallest absolute Gasteiger partial charge is 0.228 e. The van der Waals surface area contributed by atoms with Crippen molar-refractivity contribution in [1.82, 2.24) is 20.1 Å². The Morgan fingerprint density at radius 3 is 2.70 bits per heavy atom. The number of aromatic nitrogens is 1. The number of methoxy groups -OCH3 is 1. The van der Waals surface area contributed by atoms with E-state index in [2.05, 4.69) is 16.4 Å². The Kier molecular flexibility index (Phi) is 8.24. The Labute approximate surface area is 237 Å². The average Bonchev–Trinajstić information content (AvgIpc) is 3.35. The standard InChI is InChI=1S/C32H44N4O4/c1-5-35(6-2)31(39)26-18-22(19-28(37)33-16-14-21-10-8-7-9-11-21)30(38)36-17-15-24-25-20-23(40-4)12-13-27(25)34-29(24)32(26,36)3/h10,12-13,20,22,26,34H,5-9,11,14-19H2,1-4H3,(H,33,37)/t22?,26-,32+/m1/s1. The Balaban J connectivity index is 1.43. The number of nitrogens with one attached hydrogen (secondary N) is 2. The highest BCUT2D eigenvalue weighted by atomic mass is 16.5. The number of rotatable bonds is 9. The van der Waals surface area contributed by atoms with Crippen LogP contribution in [0.25, 0.3) is 10.9 Å². The molecular weight excluding hydrogens is 504 g/mol. The van der Waals surface area contributed by atoms with Gasteiger partial charge in [0.15, 0.2) is 0 Å². The van der Waals surface area contributed by atoms with Gasteiger partial charge in [-0.05, 0) is 89.5 Å². The van der Waals surface area contributed by atoms with Crippen molar-refractivity contribution in [3.63, 3.8) is 0 Å². The molecule has 2 aromatic rings. The summed E-state index contributed by atoms with van der Waals surface area (Å²) in [6.45, 7) is 8.34. The van der Waals surface area contributed by atoms with Gasteiger partial charge < -0.3 is 24.8 Å². The maximum absolute atomic E-state index is 14.1. The maximum atomic E-state index is 14.1. The zero-order valence-electron chi connectivity index (χ0n) is 24.5. The minimum atomic E-state index is -0.822. The van der Waals surface area contributed by atoms with Crippen molar-refractivity contribution >= 4 is 28.6 Å². The topological polar surface area (TPSA) is 94.7 Å². The largest absolute Gasteiger partial charge is 0.497 e. The number of hydrogen-bond acceptors (Lipinski definition) is 4. The normalized spacial score (nSPS) is 24.2. The minimum absolute atomic E-state index is 0.0295. The van der Waals surface area contributed by atoms with Crippen molar-refractivity contribution in [2.75, 3.05) is 33.3 Å². The summed E-state index contributed by atoms with van der Waals surface area (Å²) in [6, 6.07) is 5.96. The van der Waals surface area contributed by atoms with E-state index in [9.17, 15) is 14.4 Å². The fourth-order valence-corrected chi connectivity index (χ4v) is 7.23. The molecule has 0 radical (unpaired) electrons. The first-order valence-corrected chi connectivity index (χ1v) is 15.1. The number of piperidine rings is 1. The van der Waals surface area contributed by atoms with Crippen molar-refractivity contribution in [2.45, 2.75) is 77.7 Å². The van der Waals surface area contributed by atoms with Gasteiger partial charge in [-0.25, -0.2) is 0 Å². The van der Waals surface area contributed by atoms with Crippen LogP contribution in [-0.4, -0.2) is 65.8 Å². The molecule has 8 nitrogen and oxygen atoms in total. The van der Waals surface area contributed by atoms with E-state index in [1.54, 1.807) is 7.11 Å². The predicted octanol–water partition coefficient (Wildman–Crippen LogP) is 4.68. The zero-order chi connectivity index (χ0) is 28.4. The summed E-state index contributed by atoms with van der Waals surface area (Å²) in [7, 11) is 1.66. The van der Waals surface area contributed by atoms with Gasteiger partial charge in [-0.1, -0.05) is 11.6 Å². The highest BCUT2D eigenvalue weighted by Gasteiger charge is 2.57. The molecule has 5 rings (SSSR count). The first-order chi connectivity index (χ1) is 19.3. The highest BCUT2D eigenvalue weighted by Crippen LogP contribution is 2.50. The Morgan fingerprint density at radius 1 is 1.20 bits per heavy atom. The van der Waals surface area contributed by atoms with Gasteiger partial charge in [0.1, 0.15) is 5.75 Å². The fraction of sp³-hybridized carbons (Fsp3) is 0.594. The van der Waals surface area contributed by atoms with Gasteiger partial charge in [-0.3, -0.25) is 14.4 Å². The molecule has 1 aromatic carbocycles. The number of allylic oxidation sites excluding steroid dienone is 1. The van der Waals surface area contributed by atoms with Crippen LogP contribution in [0.1, 0.15) is 77.0 Å². The summed E-state index contributed by atoms with van der Waals surface area (Å²) in [5.41, 5.74) is 3.65. The van der Waals surface area contributed by atoms with Crippen LogP contribution < -0.4 is 10.1 Å². The molecule has 3 heterocycles. The number of carbonyl (C=O) groups excluding carboxylic acids is 3. The van der Waals surface area contributed by atoms with Crippen LogP contribution in [0.5, 0.6) is 5.75 Å². The quantitative estimate of drug-likeness (QED) is 0.445. The number of carbonyl (C=O) groups is 3. The Hall–Kier alpha value is -3.29. The molecule has 1 saturated heterocycles. The van der Waals surface area contributed by atoms with E-state index in [1.807, 2.05) is 48.8 Å². The van der Waals surface area contributed by atoms with Gasteiger partial charge >= 0.3 is 0 Å². The molecule has 0 spiro atoms. The Bertz CT molecular complexity index is 1310. The third-order valence-electron chi connectivity index (χ3n) is 9.54. The molecule has 1 aliphatic carbocycles. The lowest BCUT2D eigenvalue weighted by Crippen LogP contribution is -2.64. The SMILES string of the molecule is CCN(CC)C(=O)[C@H]1CC(CC(=O)NCCC2=CCCCC2)C(=O)N2CCc3c([nH]c4ccc(OC)cc34)[C@]12C. The van der Waals surface area contributed by atoms with Crippen LogP contribution in [0, 0.1) is 11.8 Å². The van der Waals surface area contributed by atoms with E-state index in [4.69, 9.17) is 4.74 Å². The van der Waals surface area contributed by atoms with Gasteiger partial charge in [-0.15, -0.1) is 0 Å². The lowest BCUT2D eigenvalue weighted by Gasteiger charge is -2.54. The second kappa shape index (κ2) is 11.7. The first-order valence-electron chi connectivity index (χ1n) is 15.1. The third-order valence-corrected chi connectivity index (χ3v) is 9.54. The minimum Gasteiger partial charge on any atom is -0.497 e. The number of fused-ring (bicyclic) bond motifs is 5. The van der Waals surface area contributed by atoms with Crippen molar-refractivity contribution in [2.24, 2.45) is 11.8 Å². The van der Waals surface area contributed by atoms with Gasteiger partial charge in [0.2, 0.25) is 17.7 Å². The number of amides is 3. The number of ether oxygens (including phenoxy) is 1. The number of aromatic amines is 1. The van der Waals surface area contributed by atoms with Gasteiger partial charge in [-0.2, -0.15) is 0 Å². The molecule has 0 saturated carbocycles. The lowest BCUT2D eigenvalue weighted by molar-refractivity contribution is -0.164. The predicted molar refractivity (Wildman–Crippen MR) is 156 cm³/mol. The maximum Gasteiger partial charge on any atom is 0.228 e. The second-order valence-corrected chi connectivity index (χ2v) is 11.7. The van der Waals surface area contributed by atoms with E-state index in [-0.39, 0.29) is 24.1 Å². The molecule has 8 heteroatoms. The molecule has 1 aromatic heterocycles. The molecule has 3 amide bonds. The number of benzene rings is 1. The Morgan fingerprint density at radius 2 is 2.00 bits per heavy atom. The fourth-order valence-electron chi connectivity index (χ4n) is 7.23. The summed E-state index contributed by atoms with van der Waals surface area (Å²) < 4.78 is 5.48. The number of hydrogen-bond donors (Lipinski definition) is 2. The van der Waals surface area contributed by atoms with E-state index in [0.717, 1.165) is 47.2 Å². The molecule has 3 aliphatic rings. The summed E-state index contributed by atoms with van der Waals surface area (Å²) in [4.78, 5) is 48.5. The third kappa shape index (κ3) is 5.01. The summed E-state index contributed by atoms with van der Waals surface area (Å²) >= 11 is 0. The lowest BCUT2D eigenvalue weighted by atomic mass is 9.67. The van der Waals surface area contributed by atoms with E-state index in [0.29, 0.717) is 39.0 Å². The number of H-pyrrole nitrogens is 1. The molecule has 1 unspecified atom stereocenters. The molecular formula is C32H44N4O4. The molecule has 0 bridgehead atoms. The van der Waals surface area contributed by atoms with E-state index < -0.39 is 17.4 Å². The van der Waals surface area contributed by atoms with Crippen molar-refractivity contribution in [1.29, 1.82) is 0 Å². The summed E-state index contributed by atoms with van der Waals surface area (Å²) in [5, 5.41) is 4.12. The van der Waals surface area contributed by atoms with Crippen molar-refractivity contribution in [3.05, 3.63) is 41.1 Å². The van der Waals surface area contributed by atoms with Crippen LogP contribution in [0.3, 0.4) is 0 Å². The second-order valence-electron chi connectivity index (χ2n) is 11.7. The van der Waals surface area contributed by atoms with E-state index in [1.165, 1.54) is 18.4 Å². The van der Waals surface area contributed by atoms with Crippen LogP contribution in [0.4, 0.5) is 0 Å². The zero-order valence-corrected chi connectivity index (χ0v) is 24.5. The van der Waals surface area contributed by atoms with Gasteiger partial charge in [0, 0.05) is 55.1 Å². The molecule has 2 N–H and O–H groups in total. The van der Waals surface area contributed by atoms with Gasteiger partial charge in [0.05, 0.1) is 18.6 Å². The summed E-state index contributed by atoms with van der Waals surface area (Å²) in [6.07, 6.45) is 9.03. The monoisotopic (exact) mass is 548 g/mol. The van der Waals surface area contributed by atoms with Crippen LogP contribution >= 0.6 is 0 Å². The van der Waals surface area contributed by atoms with Crippen molar-refractivity contribution in [3.8, 4) is 5.75 Å². The van der Waals surface area contributed by atoms with Gasteiger partial charge in [0.25, 0.3) is 0 Å². The molecule has 3 atom stereocenters. The van der Waals surface area contributed by atoms with Crippen LogP contribution in [-0.2, 0) is 26.3 Å². The highest BCUT2D eigenvalue weighted by molar-refractivity contribution is 5.93. The number of nitrogens with zero attached hydrogens (tertiary/aromatic N) is 2. The molecule has 2 aliphatic heterocycles. The van der Waals surface area contributed by atoms with Crippen LogP contribution in [0.2, 0.25) is 0 Å². The molecule has 216 valence electrons. The average molecular weight is 549 g/mol. The first kappa shape index (κ1) is 28.2. The van der Waals surface area contributed by atoms with Crippen LogP contribution in [0.15, 0.2) is 29.8 Å². The summed E-state index contributed by atoms with van der Waals surface area (Å²) in [5.74, 6) is -0.283. The van der Waals surface area contributed by atoms with Crippen molar-refractivity contribution < 1.29 is 19.1 Å².